The van der Waals surface area contributed by atoms with Crippen LogP contribution in [0.25, 0.3) is 0 Å². The van der Waals surface area contributed by atoms with Gasteiger partial charge in [0, 0.05) is 38.9 Å². The van der Waals surface area contributed by atoms with Crippen LogP contribution in [0.3, 0.4) is 0 Å². The fraction of sp³-hybridized carbons (Fsp3) is 1.00. The van der Waals surface area contributed by atoms with Crippen molar-refractivity contribution >= 4 is 0 Å². The van der Waals surface area contributed by atoms with Crippen molar-refractivity contribution in [2.24, 2.45) is 11.8 Å². The molecule has 3 fully saturated rings. The molecule has 1 N–H and O–H groups in total. The molecule has 0 bridgehead atoms. The zero-order chi connectivity index (χ0) is 12.4. The normalized spacial score (nSPS) is 33.8. The third-order valence-corrected chi connectivity index (χ3v) is 4.89. The Hall–Kier alpha value is -0.120. The van der Waals surface area contributed by atoms with Crippen molar-refractivity contribution in [2.75, 3.05) is 33.4 Å². The lowest BCUT2D eigenvalue weighted by Gasteiger charge is -2.41. The van der Waals surface area contributed by atoms with E-state index in [4.69, 9.17) is 4.74 Å². The van der Waals surface area contributed by atoms with E-state index in [-0.39, 0.29) is 0 Å². The maximum absolute atomic E-state index is 5.16. The molecule has 2 aliphatic carbocycles. The summed E-state index contributed by atoms with van der Waals surface area (Å²) in [7, 11) is 1.81. The Morgan fingerprint density at radius 3 is 2.56 bits per heavy atom. The number of nitrogens with zero attached hydrogens (tertiary/aromatic N) is 1. The number of hydrogen-bond donors (Lipinski definition) is 1. The predicted molar refractivity (Wildman–Crippen MR) is 73.7 cm³/mol. The van der Waals surface area contributed by atoms with Gasteiger partial charge in [-0.15, -0.1) is 0 Å². The summed E-state index contributed by atoms with van der Waals surface area (Å²) < 4.78 is 5.16. The molecule has 0 spiro atoms. The largest absolute Gasteiger partial charge is 0.385 e. The molecule has 1 saturated heterocycles. The van der Waals surface area contributed by atoms with Gasteiger partial charge in [-0.2, -0.15) is 0 Å². The molecule has 2 atom stereocenters. The minimum absolute atomic E-state index is 0.794. The molecule has 18 heavy (non-hydrogen) atoms. The topological polar surface area (TPSA) is 24.5 Å². The number of rotatable bonds is 7. The summed E-state index contributed by atoms with van der Waals surface area (Å²) in [5.74, 6) is 1.99. The molecule has 2 saturated carbocycles. The second-order valence-corrected chi connectivity index (χ2v) is 6.45. The fourth-order valence-corrected chi connectivity index (χ4v) is 3.43. The summed E-state index contributed by atoms with van der Waals surface area (Å²) in [5.41, 5.74) is 0. The average Bonchev–Trinajstić information content (AvgIpc) is 3.28. The van der Waals surface area contributed by atoms with Crippen LogP contribution in [0.2, 0.25) is 0 Å². The standard InChI is InChI=1S/C15H28N2O/c1-18-9-3-2-8-17-11-14(12-4-5-12)16-10-15(17)13-6-7-13/h12-16H,2-11H2,1H3. The maximum Gasteiger partial charge on any atom is 0.0462 e. The summed E-state index contributed by atoms with van der Waals surface area (Å²) in [6.07, 6.45) is 8.37. The first-order chi connectivity index (χ1) is 8.88. The Kier molecular flexibility index (Phi) is 4.22. The number of nitrogens with one attached hydrogen (secondary N) is 1. The molecule has 0 aromatic carbocycles. The van der Waals surface area contributed by atoms with Crippen LogP contribution in [0.1, 0.15) is 38.5 Å². The predicted octanol–water partition coefficient (Wildman–Crippen LogP) is 1.88. The Morgan fingerprint density at radius 1 is 1.11 bits per heavy atom. The Labute approximate surface area is 111 Å². The number of unbranched alkanes of at least 4 members (excludes halogenated alkanes) is 1. The molecule has 2 unspecified atom stereocenters. The molecule has 0 aromatic rings. The van der Waals surface area contributed by atoms with Gasteiger partial charge in [0.1, 0.15) is 0 Å². The van der Waals surface area contributed by atoms with Crippen LogP contribution in [-0.4, -0.2) is 50.3 Å². The van der Waals surface area contributed by atoms with E-state index in [9.17, 15) is 0 Å². The Balaban J connectivity index is 1.48. The van der Waals surface area contributed by atoms with Gasteiger partial charge >= 0.3 is 0 Å². The third-order valence-electron chi connectivity index (χ3n) is 4.89. The van der Waals surface area contributed by atoms with Crippen molar-refractivity contribution in [3.63, 3.8) is 0 Å². The van der Waals surface area contributed by atoms with Crippen LogP contribution in [0.15, 0.2) is 0 Å². The summed E-state index contributed by atoms with van der Waals surface area (Å²) in [6, 6.07) is 1.63. The monoisotopic (exact) mass is 252 g/mol. The van der Waals surface area contributed by atoms with Crippen molar-refractivity contribution in [2.45, 2.75) is 50.6 Å². The molecule has 3 nitrogen and oxygen atoms in total. The molecule has 1 heterocycles. The highest BCUT2D eigenvalue weighted by Gasteiger charge is 2.42. The van der Waals surface area contributed by atoms with Crippen molar-refractivity contribution < 1.29 is 4.74 Å². The van der Waals surface area contributed by atoms with E-state index in [1.807, 2.05) is 0 Å². The van der Waals surface area contributed by atoms with E-state index in [1.54, 1.807) is 7.11 Å². The second kappa shape index (κ2) is 5.89. The zero-order valence-electron chi connectivity index (χ0n) is 11.7. The van der Waals surface area contributed by atoms with Gasteiger partial charge < -0.3 is 10.1 Å². The summed E-state index contributed by atoms with van der Waals surface area (Å²) in [5, 5.41) is 3.82. The van der Waals surface area contributed by atoms with E-state index in [0.29, 0.717) is 0 Å². The quantitative estimate of drug-likeness (QED) is 0.700. The first-order valence-electron chi connectivity index (χ1n) is 7.85. The smallest absolute Gasteiger partial charge is 0.0462 e. The van der Waals surface area contributed by atoms with Gasteiger partial charge in [-0.1, -0.05) is 0 Å². The summed E-state index contributed by atoms with van der Waals surface area (Å²) in [4.78, 5) is 2.80. The van der Waals surface area contributed by atoms with Gasteiger partial charge in [0.2, 0.25) is 0 Å². The molecule has 0 amide bonds. The molecular weight excluding hydrogens is 224 g/mol. The lowest BCUT2D eigenvalue weighted by molar-refractivity contribution is 0.101. The van der Waals surface area contributed by atoms with Crippen molar-refractivity contribution in [1.29, 1.82) is 0 Å². The summed E-state index contributed by atoms with van der Waals surface area (Å²) in [6.45, 7) is 4.76. The van der Waals surface area contributed by atoms with E-state index in [0.717, 1.165) is 30.5 Å². The van der Waals surface area contributed by atoms with Crippen molar-refractivity contribution in [1.82, 2.24) is 10.2 Å². The number of ether oxygens (including phenoxy) is 1. The molecule has 3 rings (SSSR count). The molecule has 1 aliphatic heterocycles. The zero-order valence-corrected chi connectivity index (χ0v) is 11.7. The first kappa shape index (κ1) is 12.9. The number of hydrogen-bond acceptors (Lipinski definition) is 3. The molecular formula is C15H28N2O. The highest BCUT2D eigenvalue weighted by Crippen LogP contribution is 2.39. The lowest BCUT2D eigenvalue weighted by atomic mass is 10.0. The molecule has 104 valence electrons. The lowest BCUT2D eigenvalue weighted by Crippen LogP contribution is -2.58. The van der Waals surface area contributed by atoms with Gasteiger partial charge in [0.15, 0.2) is 0 Å². The highest BCUT2D eigenvalue weighted by molar-refractivity contribution is 4.98. The highest BCUT2D eigenvalue weighted by atomic mass is 16.5. The molecule has 3 aliphatic rings. The van der Waals surface area contributed by atoms with E-state index in [1.165, 1.54) is 58.2 Å². The van der Waals surface area contributed by atoms with Crippen LogP contribution in [-0.2, 0) is 4.74 Å². The van der Waals surface area contributed by atoms with Gasteiger partial charge in [-0.3, -0.25) is 4.90 Å². The van der Waals surface area contributed by atoms with E-state index in [2.05, 4.69) is 10.2 Å². The minimum atomic E-state index is 0.794. The third kappa shape index (κ3) is 3.25. The van der Waals surface area contributed by atoms with Gasteiger partial charge in [0.05, 0.1) is 0 Å². The van der Waals surface area contributed by atoms with Gasteiger partial charge in [-0.05, 0) is 56.9 Å². The Morgan fingerprint density at radius 2 is 1.89 bits per heavy atom. The van der Waals surface area contributed by atoms with Crippen molar-refractivity contribution in [3.8, 4) is 0 Å². The molecule has 0 radical (unpaired) electrons. The minimum Gasteiger partial charge on any atom is -0.385 e. The SMILES string of the molecule is COCCCCN1CC(C2CC2)NCC1C1CC1. The van der Waals surface area contributed by atoms with Crippen LogP contribution in [0.4, 0.5) is 0 Å². The van der Waals surface area contributed by atoms with Gasteiger partial charge in [-0.25, -0.2) is 0 Å². The van der Waals surface area contributed by atoms with Crippen LogP contribution in [0.5, 0.6) is 0 Å². The van der Waals surface area contributed by atoms with E-state index >= 15 is 0 Å². The average molecular weight is 252 g/mol. The van der Waals surface area contributed by atoms with Crippen LogP contribution >= 0.6 is 0 Å². The first-order valence-corrected chi connectivity index (χ1v) is 7.85. The number of piperazine rings is 1. The van der Waals surface area contributed by atoms with Crippen LogP contribution in [0, 0.1) is 11.8 Å². The molecule has 0 aromatic heterocycles. The Bertz CT molecular complexity index is 263. The van der Waals surface area contributed by atoms with E-state index < -0.39 is 0 Å². The second-order valence-electron chi connectivity index (χ2n) is 6.45. The van der Waals surface area contributed by atoms with Gasteiger partial charge in [0.25, 0.3) is 0 Å². The fourth-order valence-electron chi connectivity index (χ4n) is 3.43. The van der Waals surface area contributed by atoms with Crippen LogP contribution < -0.4 is 5.32 Å². The number of methoxy groups -OCH3 is 1. The summed E-state index contributed by atoms with van der Waals surface area (Å²) >= 11 is 0. The van der Waals surface area contributed by atoms with Crippen molar-refractivity contribution in [3.05, 3.63) is 0 Å². The maximum atomic E-state index is 5.16. The molecule has 3 heteroatoms.